The maximum atomic E-state index is 13.1. The van der Waals surface area contributed by atoms with Crippen LogP contribution in [0.1, 0.15) is 42.5 Å². The highest BCUT2D eigenvalue weighted by Crippen LogP contribution is 2.45. The summed E-state index contributed by atoms with van der Waals surface area (Å²) in [6.07, 6.45) is 1.57. The van der Waals surface area contributed by atoms with Crippen LogP contribution in [-0.2, 0) is 9.59 Å². The molecule has 1 aliphatic heterocycles. The highest BCUT2D eigenvalue weighted by molar-refractivity contribution is 6.46. The Bertz CT molecular complexity index is 1060. The van der Waals surface area contributed by atoms with Gasteiger partial charge in [-0.3, -0.25) is 9.59 Å². The van der Waals surface area contributed by atoms with Crippen molar-refractivity contribution in [1.29, 1.82) is 0 Å². The number of para-hydroxylation sites is 1. The van der Waals surface area contributed by atoms with E-state index in [2.05, 4.69) is 0 Å². The molecule has 1 aliphatic rings. The third kappa shape index (κ3) is 4.02. The van der Waals surface area contributed by atoms with E-state index < -0.39 is 17.7 Å². The standard InChI is InChI=1S/C25H29NO6/c1-6-7-13-26-21(17-9-8-10-19(31-4)24(17)32-5)20(23(28)25(26)29)22(27)16-11-12-18(30-3)15(2)14-16/h8-12,14,21,27H,6-7,13H2,1-5H3/b22-20+. The van der Waals surface area contributed by atoms with Gasteiger partial charge in [-0.15, -0.1) is 0 Å². The number of nitrogens with zero attached hydrogens (tertiary/aromatic N) is 1. The third-order valence-corrected chi connectivity index (χ3v) is 5.69. The summed E-state index contributed by atoms with van der Waals surface area (Å²) in [6, 6.07) is 9.62. The van der Waals surface area contributed by atoms with Crippen molar-refractivity contribution in [2.75, 3.05) is 27.9 Å². The third-order valence-electron chi connectivity index (χ3n) is 5.69. The average molecular weight is 440 g/mol. The number of methoxy groups -OCH3 is 3. The molecule has 0 aliphatic carbocycles. The van der Waals surface area contributed by atoms with Crippen LogP contribution in [0.5, 0.6) is 17.2 Å². The van der Waals surface area contributed by atoms with Gasteiger partial charge in [0.2, 0.25) is 0 Å². The number of hydrogen-bond acceptors (Lipinski definition) is 6. The predicted octanol–water partition coefficient (Wildman–Crippen LogP) is 4.24. The highest BCUT2D eigenvalue weighted by atomic mass is 16.5. The summed E-state index contributed by atoms with van der Waals surface area (Å²) < 4.78 is 16.3. The van der Waals surface area contributed by atoms with Gasteiger partial charge < -0.3 is 24.2 Å². The van der Waals surface area contributed by atoms with E-state index in [4.69, 9.17) is 14.2 Å². The van der Waals surface area contributed by atoms with Crippen LogP contribution in [0.25, 0.3) is 5.76 Å². The zero-order chi connectivity index (χ0) is 23.4. The second-order valence-electron chi connectivity index (χ2n) is 7.61. The van der Waals surface area contributed by atoms with Crippen molar-refractivity contribution >= 4 is 17.4 Å². The first kappa shape index (κ1) is 23.2. The monoisotopic (exact) mass is 439 g/mol. The minimum atomic E-state index is -0.797. The summed E-state index contributed by atoms with van der Waals surface area (Å²) in [5.41, 5.74) is 1.84. The SMILES string of the molecule is CCCCN1C(=O)C(=O)/C(=C(/O)c2ccc(OC)c(C)c2)C1c1cccc(OC)c1OC. The lowest BCUT2D eigenvalue weighted by Gasteiger charge is -2.27. The Balaban J connectivity index is 2.25. The number of amides is 1. The summed E-state index contributed by atoms with van der Waals surface area (Å²) in [7, 11) is 4.60. The van der Waals surface area contributed by atoms with E-state index >= 15 is 0 Å². The molecule has 1 fully saturated rings. The van der Waals surface area contributed by atoms with Crippen LogP contribution in [-0.4, -0.2) is 49.6 Å². The Morgan fingerprint density at radius 3 is 2.34 bits per heavy atom. The lowest BCUT2D eigenvalue weighted by atomic mass is 9.93. The van der Waals surface area contributed by atoms with E-state index in [9.17, 15) is 14.7 Å². The number of likely N-dealkylation sites (tertiary alicyclic amines) is 1. The number of carbonyl (C=O) groups excluding carboxylic acids is 2. The maximum Gasteiger partial charge on any atom is 0.295 e. The van der Waals surface area contributed by atoms with E-state index in [0.29, 0.717) is 34.9 Å². The molecule has 1 N–H and O–H groups in total. The van der Waals surface area contributed by atoms with Crippen LogP contribution in [0.15, 0.2) is 42.0 Å². The number of ketones is 1. The molecular weight excluding hydrogens is 410 g/mol. The Kier molecular flexibility index (Phi) is 7.08. The fraction of sp³-hybridized carbons (Fsp3) is 0.360. The van der Waals surface area contributed by atoms with Crippen molar-refractivity contribution < 1.29 is 28.9 Å². The van der Waals surface area contributed by atoms with E-state index in [1.807, 2.05) is 13.8 Å². The number of benzene rings is 2. The van der Waals surface area contributed by atoms with Crippen molar-refractivity contribution in [3.05, 3.63) is 58.7 Å². The van der Waals surface area contributed by atoms with Crippen molar-refractivity contribution in [1.82, 2.24) is 4.90 Å². The predicted molar refractivity (Wildman–Crippen MR) is 121 cm³/mol. The number of rotatable bonds is 8. The molecule has 2 aromatic rings. The zero-order valence-corrected chi connectivity index (χ0v) is 19.1. The van der Waals surface area contributed by atoms with Gasteiger partial charge in [-0.2, -0.15) is 0 Å². The molecule has 1 atom stereocenters. The number of aryl methyl sites for hydroxylation is 1. The molecule has 170 valence electrons. The summed E-state index contributed by atoms with van der Waals surface area (Å²) in [6.45, 7) is 4.24. The number of aliphatic hydroxyl groups excluding tert-OH is 1. The van der Waals surface area contributed by atoms with Gasteiger partial charge in [-0.1, -0.05) is 25.5 Å². The number of hydrogen-bond donors (Lipinski definition) is 1. The van der Waals surface area contributed by atoms with Crippen molar-refractivity contribution in [2.24, 2.45) is 0 Å². The Hall–Kier alpha value is -3.48. The van der Waals surface area contributed by atoms with E-state index in [-0.39, 0.29) is 11.3 Å². The van der Waals surface area contributed by atoms with Crippen LogP contribution < -0.4 is 14.2 Å². The fourth-order valence-corrected chi connectivity index (χ4v) is 4.07. The molecule has 0 bridgehead atoms. The van der Waals surface area contributed by atoms with Crippen LogP contribution in [0.2, 0.25) is 0 Å². The van der Waals surface area contributed by atoms with Gasteiger partial charge >= 0.3 is 0 Å². The quantitative estimate of drug-likeness (QED) is 0.376. The Morgan fingerprint density at radius 2 is 1.75 bits per heavy atom. The first-order valence-corrected chi connectivity index (χ1v) is 10.5. The highest BCUT2D eigenvalue weighted by Gasteiger charge is 2.47. The van der Waals surface area contributed by atoms with Crippen molar-refractivity contribution in [3.63, 3.8) is 0 Å². The number of unbranched alkanes of at least 4 members (excludes halogenated alkanes) is 1. The van der Waals surface area contributed by atoms with Crippen LogP contribution >= 0.6 is 0 Å². The van der Waals surface area contributed by atoms with Crippen molar-refractivity contribution in [2.45, 2.75) is 32.7 Å². The van der Waals surface area contributed by atoms with E-state index in [1.165, 1.54) is 19.1 Å². The number of aliphatic hydroxyl groups is 1. The second-order valence-corrected chi connectivity index (χ2v) is 7.61. The Morgan fingerprint density at radius 1 is 1.03 bits per heavy atom. The smallest absolute Gasteiger partial charge is 0.295 e. The molecule has 1 saturated heterocycles. The lowest BCUT2D eigenvalue weighted by Crippen LogP contribution is -2.30. The van der Waals surface area contributed by atoms with Gasteiger partial charge in [-0.25, -0.2) is 0 Å². The number of Topliss-reactive ketones (excluding diaryl/α,β-unsaturated/α-hetero) is 1. The summed E-state index contributed by atoms with van der Waals surface area (Å²) in [5.74, 6) is -0.0347. The van der Waals surface area contributed by atoms with Crippen LogP contribution in [0.4, 0.5) is 0 Å². The minimum Gasteiger partial charge on any atom is -0.507 e. The molecule has 1 unspecified atom stereocenters. The molecule has 7 heteroatoms. The maximum absolute atomic E-state index is 13.1. The van der Waals surface area contributed by atoms with Gasteiger partial charge in [-0.05, 0) is 43.2 Å². The molecule has 0 radical (unpaired) electrons. The molecule has 1 amide bonds. The normalized spacial score (nSPS) is 17.5. The first-order chi connectivity index (χ1) is 15.4. The molecule has 0 saturated carbocycles. The molecule has 1 heterocycles. The van der Waals surface area contributed by atoms with Gasteiger partial charge in [0.25, 0.3) is 11.7 Å². The average Bonchev–Trinajstić information content (AvgIpc) is 3.06. The summed E-state index contributed by atoms with van der Waals surface area (Å²) in [5, 5.41) is 11.2. The molecule has 0 aromatic heterocycles. The van der Waals surface area contributed by atoms with Gasteiger partial charge in [0, 0.05) is 17.7 Å². The molecule has 0 spiro atoms. The number of ether oxygens (including phenoxy) is 3. The first-order valence-electron chi connectivity index (χ1n) is 10.5. The molecule has 7 nitrogen and oxygen atoms in total. The lowest BCUT2D eigenvalue weighted by molar-refractivity contribution is -0.139. The van der Waals surface area contributed by atoms with E-state index in [0.717, 1.165) is 18.4 Å². The molecule has 32 heavy (non-hydrogen) atoms. The van der Waals surface area contributed by atoms with Gasteiger partial charge in [0.1, 0.15) is 11.5 Å². The van der Waals surface area contributed by atoms with Gasteiger partial charge in [0.05, 0.1) is 32.9 Å². The fourth-order valence-electron chi connectivity index (χ4n) is 4.07. The minimum absolute atomic E-state index is 0.0298. The number of carbonyl (C=O) groups is 2. The second kappa shape index (κ2) is 9.77. The summed E-state index contributed by atoms with van der Waals surface area (Å²) >= 11 is 0. The largest absolute Gasteiger partial charge is 0.507 e. The molecular formula is C25H29NO6. The van der Waals surface area contributed by atoms with Gasteiger partial charge in [0.15, 0.2) is 11.5 Å². The van der Waals surface area contributed by atoms with Crippen LogP contribution in [0, 0.1) is 6.92 Å². The zero-order valence-electron chi connectivity index (χ0n) is 19.1. The molecule has 2 aromatic carbocycles. The Labute approximate surface area is 188 Å². The summed E-state index contributed by atoms with van der Waals surface area (Å²) in [4.78, 5) is 27.6. The van der Waals surface area contributed by atoms with E-state index in [1.54, 1.807) is 43.5 Å². The van der Waals surface area contributed by atoms with Crippen molar-refractivity contribution in [3.8, 4) is 17.2 Å². The topological polar surface area (TPSA) is 85.3 Å². The van der Waals surface area contributed by atoms with Crippen LogP contribution in [0.3, 0.4) is 0 Å². The molecule has 3 rings (SSSR count).